The van der Waals surface area contributed by atoms with Gasteiger partial charge in [0.15, 0.2) is 0 Å². The molecule has 1 aliphatic heterocycles. The van der Waals surface area contributed by atoms with Gasteiger partial charge in [0.25, 0.3) is 0 Å². The highest BCUT2D eigenvalue weighted by Crippen LogP contribution is 2.22. The molecule has 0 saturated carbocycles. The molecule has 2 rings (SSSR count). The van der Waals surface area contributed by atoms with E-state index in [1.165, 1.54) is 25.7 Å². The van der Waals surface area contributed by atoms with E-state index in [4.69, 9.17) is 17.3 Å². The largest absolute Gasteiger partial charge is 0.352 e. The van der Waals surface area contributed by atoms with E-state index in [-0.39, 0.29) is 0 Å². The molecule has 0 aliphatic carbocycles. The van der Waals surface area contributed by atoms with E-state index < -0.39 is 0 Å². The van der Waals surface area contributed by atoms with Crippen LogP contribution in [0.15, 0.2) is 18.3 Å². The quantitative estimate of drug-likeness (QED) is 0.862. The van der Waals surface area contributed by atoms with E-state index in [2.05, 4.69) is 9.88 Å². The number of halogens is 1. The van der Waals surface area contributed by atoms with Crippen LogP contribution in [0.5, 0.6) is 0 Å². The van der Waals surface area contributed by atoms with Crippen LogP contribution in [0, 0.1) is 0 Å². The Hall–Kier alpha value is -0.800. The highest BCUT2D eigenvalue weighted by Gasteiger charge is 2.20. The second kappa shape index (κ2) is 5.51. The number of aromatic nitrogens is 1. The molecule has 88 valence electrons. The minimum Gasteiger partial charge on any atom is -0.352 e. The van der Waals surface area contributed by atoms with Gasteiger partial charge < -0.3 is 10.6 Å². The van der Waals surface area contributed by atoms with Gasteiger partial charge in [-0.15, -0.1) is 0 Å². The Labute approximate surface area is 102 Å². The van der Waals surface area contributed by atoms with Gasteiger partial charge in [-0.1, -0.05) is 24.4 Å². The smallest absolute Gasteiger partial charge is 0.128 e. The number of hydrogen-bond acceptors (Lipinski definition) is 3. The van der Waals surface area contributed by atoms with E-state index in [0.717, 1.165) is 12.4 Å². The fourth-order valence-electron chi connectivity index (χ4n) is 2.26. The van der Waals surface area contributed by atoms with Gasteiger partial charge in [-0.3, -0.25) is 0 Å². The van der Waals surface area contributed by atoms with Gasteiger partial charge in [0.1, 0.15) is 5.82 Å². The van der Waals surface area contributed by atoms with Crippen molar-refractivity contribution in [1.29, 1.82) is 0 Å². The molecule has 0 bridgehead atoms. The second-order valence-corrected chi connectivity index (χ2v) is 4.70. The van der Waals surface area contributed by atoms with Crippen molar-refractivity contribution in [3.8, 4) is 0 Å². The lowest BCUT2D eigenvalue weighted by molar-refractivity contribution is 0.576. The molecule has 1 atom stereocenters. The van der Waals surface area contributed by atoms with Gasteiger partial charge in [-0.25, -0.2) is 4.98 Å². The molecule has 1 unspecified atom stereocenters. The maximum atomic E-state index is 5.85. The van der Waals surface area contributed by atoms with E-state index in [1.54, 1.807) is 6.20 Å². The minimum atomic E-state index is 0.427. The Morgan fingerprint density at radius 3 is 2.94 bits per heavy atom. The predicted octanol–water partition coefficient (Wildman–Crippen LogP) is 2.44. The molecule has 2 N–H and O–H groups in total. The number of rotatable bonds is 2. The lowest BCUT2D eigenvalue weighted by atomic mass is 10.1. The van der Waals surface area contributed by atoms with E-state index >= 15 is 0 Å². The van der Waals surface area contributed by atoms with Crippen molar-refractivity contribution < 1.29 is 0 Å². The topological polar surface area (TPSA) is 42.1 Å². The summed E-state index contributed by atoms with van der Waals surface area (Å²) in [5.41, 5.74) is 5.83. The average molecular weight is 240 g/mol. The molecule has 1 aromatic rings. The molecule has 16 heavy (non-hydrogen) atoms. The van der Waals surface area contributed by atoms with Crippen LogP contribution in [0.2, 0.25) is 5.02 Å². The van der Waals surface area contributed by atoms with E-state index in [1.807, 2.05) is 12.1 Å². The molecule has 1 fully saturated rings. The zero-order valence-electron chi connectivity index (χ0n) is 9.40. The molecule has 1 saturated heterocycles. The van der Waals surface area contributed by atoms with Gasteiger partial charge in [0.2, 0.25) is 0 Å². The predicted molar refractivity (Wildman–Crippen MR) is 67.9 cm³/mol. The van der Waals surface area contributed by atoms with Crippen LogP contribution in [0.3, 0.4) is 0 Å². The first-order chi connectivity index (χ1) is 7.81. The summed E-state index contributed by atoms with van der Waals surface area (Å²) in [4.78, 5) is 6.70. The third-order valence-corrected chi connectivity index (χ3v) is 3.38. The highest BCUT2D eigenvalue weighted by atomic mass is 35.5. The SMILES string of the molecule is NCC1CCCCCN1c1ccc(Cl)cn1. The van der Waals surface area contributed by atoms with Crippen molar-refractivity contribution in [3.05, 3.63) is 23.4 Å². The Bertz CT molecular complexity index is 326. The monoisotopic (exact) mass is 239 g/mol. The minimum absolute atomic E-state index is 0.427. The van der Waals surface area contributed by atoms with Gasteiger partial charge in [0.05, 0.1) is 5.02 Å². The summed E-state index contributed by atoms with van der Waals surface area (Å²) in [6.45, 7) is 1.75. The number of anilines is 1. The molecule has 1 aromatic heterocycles. The summed E-state index contributed by atoms with van der Waals surface area (Å²) in [7, 11) is 0. The summed E-state index contributed by atoms with van der Waals surface area (Å²) in [5.74, 6) is 1.00. The Kier molecular flexibility index (Phi) is 4.02. The van der Waals surface area contributed by atoms with Crippen molar-refractivity contribution in [2.75, 3.05) is 18.0 Å². The lowest BCUT2D eigenvalue weighted by Gasteiger charge is -2.30. The summed E-state index contributed by atoms with van der Waals surface area (Å²) in [5, 5.41) is 0.683. The highest BCUT2D eigenvalue weighted by molar-refractivity contribution is 6.30. The van der Waals surface area contributed by atoms with Crippen LogP contribution >= 0.6 is 11.6 Å². The summed E-state index contributed by atoms with van der Waals surface area (Å²) in [6.07, 6.45) is 6.66. The summed E-state index contributed by atoms with van der Waals surface area (Å²) < 4.78 is 0. The zero-order chi connectivity index (χ0) is 11.4. The Balaban J connectivity index is 2.18. The van der Waals surface area contributed by atoms with Crippen molar-refractivity contribution in [2.24, 2.45) is 5.73 Å². The molecule has 3 nitrogen and oxygen atoms in total. The van der Waals surface area contributed by atoms with Crippen LogP contribution in [0.4, 0.5) is 5.82 Å². The van der Waals surface area contributed by atoms with Crippen LogP contribution in [0.25, 0.3) is 0 Å². The molecule has 0 radical (unpaired) electrons. The molecule has 0 aromatic carbocycles. The molecule has 1 aliphatic rings. The molecular formula is C12H18ClN3. The number of nitrogens with zero attached hydrogens (tertiary/aromatic N) is 2. The Morgan fingerprint density at radius 1 is 1.38 bits per heavy atom. The molecule has 2 heterocycles. The zero-order valence-corrected chi connectivity index (χ0v) is 10.2. The van der Waals surface area contributed by atoms with Crippen molar-refractivity contribution in [3.63, 3.8) is 0 Å². The van der Waals surface area contributed by atoms with Crippen LogP contribution in [-0.4, -0.2) is 24.1 Å². The molecule has 0 spiro atoms. The lowest BCUT2D eigenvalue weighted by Crippen LogP contribution is -2.40. The van der Waals surface area contributed by atoms with E-state index in [0.29, 0.717) is 17.6 Å². The van der Waals surface area contributed by atoms with Crippen LogP contribution < -0.4 is 10.6 Å². The first-order valence-electron chi connectivity index (χ1n) is 5.89. The van der Waals surface area contributed by atoms with E-state index in [9.17, 15) is 0 Å². The van der Waals surface area contributed by atoms with Crippen LogP contribution in [-0.2, 0) is 0 Å². The summed E-state index contributed by atoms with van der Waals surface area (Å²) in [6, 6.07) is 4.30. The summed E-state index contributed by atoms with van der Waals surface area (Å²) >= 11 is 5.85. The first kappa shape index (κ1) is 11.7. The molecule has 4 heteroatoms. The molecular weight excluding hydrogens is 222 g/mol. The first-order valence-corrected chi connectivity index (χ1v) is 6.27. The maximum Gasteiger partial charge on any atom is 0.128 e. The standard InChI is InChI=1S/C12H18ClN3/c13-10-5-6-12(15-9-10)16-7-3-1-2-4-11(16)8-14/h5-6,9,11H,1-4,7-8,14H2. The van der Waals surface area contributed by atoms with Gasteiger partial charge in [-0.2, -0.15) is 0 Å². The normalized spacial score (nSPS) is 21.9. The third-order valence-electron chi connectivity index (χ3n) is 3.16. The third kappa shape index (κ3) is 2.66. The van der Waals surface area contributed by atoms with Crippen molar-refractivity contribution >= 4 is 17.4 Å². The van der Waals surface area contributed by atoms with Gasteiger partial charge in [-0.05, 0) is 25.0 Å². The van der Waals surface area contributed by atoms with Crippen LogP contribution in [0.1, 0.15) is 25.7 Å². The fraction of sp³-hybridized carbons (Fsp3) is 0.583. The molecule has 0 amide bonds. The average Bonchev–Trinajstić information content (AvgIpc) is 2.55. The Morgan fingerprint density at radius 2 is 2.25 bits per heavy atom. The fourth-order valence-corrected chi connectivity index (χ4v) is 2.37. The van der Waals surface area contributed by atoms with Crippen molar-refractivity contribution in [1.82, 2.24) is 4.98 Å². The van der Waals surface area contributed by atoms with Crippen molar-refractivity contribution in [2.45, 2.75) is 31.7 Å². The van der Waals surface area contributed by atoms with Gasteiger partial charge >= 0.3 is 0 Å². The maximum absolute atomic E-state index is 5.85. The van der Waals surface area contributed by atoms with Gasteiger partial charge in [0, 0.05) is 25.3 Å². The number of hydrogen-bond donors (Lipinski definition) is 1. The number of pyridine rings is 1. The second-order valence-electron chi connectivity index (χ2n) is 4.27. The number of nitrogens with two attached hydrogens (primary N) is 1.